The van der Waals surface area contributed by atoms with Crippen molar-refractivity contribution in [3.63, 3.8) is 0 Å². The van der Waals surface area contributed by atoms with E-state index in [2.05, 4.69) is 20.2 Å². The van der Waals surface area contributed by atoms with Gasteiger partial charge in [0.05, 0.1) is 18.3 Å². The van der Waals surface area contributed by atoms with Crippen LogP contribution in [-0.4, -0.2) is 44.8 Å². The van der Waals surface area contributed by atoms with Gasteiger partial charge < -0.3 is 19.8 Å². The molecule has 0 saturated carbocycles. The molecule has 12 heteroatoms. The normalized spacial score (nSPS) is 11.2. The first kappa shape index (κ1) is 27.7. The Morgan fingerprint density at radius 2 is 1.90 bits per heavy atom. The molecule has 0 aliphatic rings. The van der Waals surface area contributed by atoms with Crippen LogP contribution in [0.4, 0.5) is 5.95 Å². The van der Waals surface area contributed by atoms with Crippen molar-refractivity contribution >= 4 is 40.6 Å². The Labute approximate surface area is 230 Å². The highest BCUT2D eigenvalue weighted by molar-refractivity contribution is 6.24. The molecule has 39 heavy (non-hydrogen) atoms. The summed E-state index contributed by atoms with van der Waals surface area (Å²) >= 11 is 5.62. The van der Waals surface area contributed by atoms with Gasteiger partial charge in [0.1, 0.15) is 29.3 Å². The molecule has 2 aromatic heterocycles. The highest BCUT2D eigenvalue weighted by atomic mass is 35.5. The Morgan fingerprint density at radius 3 is 2.56 bits per heavy atom. The topological polar surface area (TPSA) is 138 Å². The van der Waals surface area contributed by atoms with Gasteiger partial charge in [-0.3, -0.25) is 24.4 Å². The van der Waals surface area contributed by atoms with Crippen molar-refractivity contribution in [3.05, 3.63) is 77.1 Å². The van der Waals surface area contributed by atoms with Crippen molar-refractivity contribution in [1.82, 2.24) is 24.2 Å². The van der Waals surface area contributed by atoms with Gasteiger partial charge in [0.15, 0.2) is 0 Å². The number of hydrogen-bond acceptors (Lipinski definition) is 7. The number of methoxy groups -OCH3 is 1. The van der Waals surface area contributed by atoms with Gasteiger partial charge in [0.25, 0.3) is 11.8 Å². The van der Waals surface area contributed by atoms with Crippen LogP contribution in [0, 0.1) is 6.92 Å². The number of hydrogen-bond donors (Lipinski definition) is 3. The molecule has 4 rings (SSSR count). The minimum atomic E-state index is -0.515. The van der Waals surface area contributed by atoms with E-state index in [1.54, 1.807) is 40.6 Å². The molecule has 0 aliphatic carbocycles. The number of anilines is 1. The molecule has 0 fully saturated rings. The fourth-order valence-corrected chi connectivity index (χ4v) is 4.20. The summed E-state index contributed by atoms with van der Waals surface area (Å²) in [7, 11) is 1.60. The summed E-state index contributed by atoms with van der Waals surface area (Å²) in [5.74, 6) is 0.513. The number of ether oxygens (including phenoxy) is 2. The zero-order valence-electron chi connectivity index (χ0n) is 21.9. The van der Waals surface area contributed by atoms with Crippen molar-refractivity contribution in [2.75, 3.05) is 19.0 Å². The number of rotatable bonds is 11. The number of fused-ring (bicyclic) bond motifs is 1. The molecule has 204 valence electrons. The van der Waals surface area contributed by atoms with Crippen molar-refractivity contribution in [2.24, 2.45) is 5.73 Å². The molecule has 0 atom stereocenters. The van der Waals surface area contributed by atoms with Crippen molar-refractivity contribution < 1.29 is 19.1 Å². The number of halogens is 1. The highest BCUT2D eigenvalue weighted by Crippen LogP contribution is 2.32. The fraction of sp³-hybridized carbons (Fsp3) is 0.259. The van der Waals surface area contributed by atoms with E-state index in [9.17, 15) is 9.59 Å². The molecule has 0 unspecified atom stereocenters. The number of aromatic nitrogens is 4. The van der Waals surface area contributed by atoms with E-state index < -0.39 is 5.91 Å². The van der Waals surface area contributed by atoms with Crippen LogP contribution < -0.4 is 25.4 Å². The number of imidazole rings is 1. The summed E-state index contributed by atoms with van der Waals surface area (Å²) in [6, 6.07) is 12.3. The zero-order chi connectivity index (χ0) is 27.9. The second kappa shape index (κ2) is 12.5. The number of carbonyl (C=O) groups excluding carboxylic acids is 2. The maximum atomic E-state index is 13.2. The maximum Gasteiger partial charge on any atom is 0.276 e. The van der Waals surface area contributed by atoms with Gasteiger partial charge in [-0.1, -0.05) is 24.3 Å². The number of allylic oxidation sites excluding steroid dienone is 1. The van der Waals surface area contributed by atoms with E-state index in [-0.39, 0.29) is 24.0 Å². The minimum absolute atomic E-state index is 0.214. The average Bonchev–Trinajstić information content (AvgIpc) is 3.51. The smallest absolute Gasteiger partial charge is 0.276 e. The van der Waals surface area contributed by atoms with Crippen molar-refractivity contribution in [2.45, 2.75) is 33.5 Å². The molecule has 0 spiro atoms. The van der Waals surface area contributed by atoms with Gasteiger partial charge in [-0.15, -0.1) is 0 Å². The SMILES string of the molecule is CCn1nc(C)cc1C(=O)Nc1nc2cc(C(=O)NCl)cc(OCc3ccc(OC)cc3)c2n1C/C=C/CN. The molecule has 0 bridgehead atoms. The van der Waals surface area contributed by atoms with E-state index in [1.807, 2.05) is 44.2 Å². The third-order valence-corrected chi connectivity index (χ3v) is 6.13. The summed E-state index contributed by atoms with van der Waals surface area (Å²) in [4.78, 5) is 32.5. The molecule has 11 nitrogen and oxygen atoms in total. The predicted molar refractivity (Wildman–Crippen MR) is 149 cm³/mol. The first-order valence-electron chi connectivity index (χ1n) is 12.3. The molecule has 2 amide bonds. The molecule has 0 aliphatic heterocycles. The summed E-state index contributed by atoms with van der Waals surface area (Å²) in [6.45, 7) is 5.18. The summed E-state index contributed by atoms with van der Waals surface area (Å²) in [5.41, 5.74) is 8.97. The monoisotopic (exact) mass is 551 g/mol. The second-order valence-electron chi connectivity index (χ2n) is 8.60. The van der Waals surface area contributed by atoms with Crippen LogP contribution in [0.1, 0.15) is 39.0 Å². The highest BCUT2D eigenvalue weighted by Gasteiger charge is 2.22. The number of amides is 2. The first-order chi connectivity index (χ1) is 18.9. The fourth-order valence-electron chi connectivity index (χ4n) is 4.09. The molecule has 2 aromatic carbocycles. The quantitative estimate of drug-likeness (QED) is 0.190. The predicted octanol–water partition coefficient (Wildman–Crippen LogP) is 3.80. The summed E-state index contributed by atoms with van der Waals surface area (Å²) < 4.78 is 14.8. The number of carbonyl (C=O) groups is 2. The number of aryl methyl sites for hydroxylation is 2. The van der Waals surface area contributed by atoms with Gasteiger partial charge in [-0.2, -0.15) is 5.10 Å². The molecule has 0 saturated heterocycles. The Balaban J connectivity index is 1.79. The van der Waals surface area contributed by atoms with Gasteiger partial charge in [-0.25, -0.2) is 4.98 Å². The van der Waals surface area contributed by atoms with E-state index in [1.165, 1.54) is 0 Å². The van der Waals surface area contributed by atoms with Crippen LogP contribution in [0.15, 0.2) is 54.6 Å². The van der Waals surface area contributed by atoms with E-state index in [0.29, 0.717) is 42.1 Å². The molecule has 2 heterocycles. The summed E-state index contributed by atoms with van der Waals surface area (Å²) in [6.07, 6.45) is 3.67. The van der Waals surface area contributed by atoms with E-state index in [0.717, 1.165) is 17.0 Å². The number of nitrogens with two attached hydrogens (primary N) is 1. The maximum absolute atomic E-state index is 13.2. The lowest BCUT2D eigenvalue weighted by Gasteiger charge is -2.13. The van der Waals surface area contributed by atoms with Crippen LogP contribution in [-0.2, 0) is 19.7 Å². The molecular weight excluding hydrogens is 522 g/mol. The Morgan fingerprint density at radius 1 is 1.13 bits per heavy atom. The van der Waals surface area contributed by atoms with Crippen molar-refractivity contribution in [1.29, 1.82) is 0 Å². The minimum Gasteiger partial charge on any atom is -0.497 e. The molecule has 4 aromatic rings. The second-order valence-corrected chi connectivity index (χ2v) is 8.79. The molecule has 0 radical (unpaired) electrons. The largest absolute Gasteiger partial charge is 0.497 e. The van der Waals surface area contributed by atoms with Crippen molar-refractivity contribution in [3.8, 4) is 11.5 Å². The van der Waals surface area contributed by atoms with Crippen LogP contribution in [0.5, 0.6) is 11.5 Å². The third kappa shape index (κ3) is 6.21. The summed E-state index contributed by atoms with van der Waals surface area (Å²) in [5, 5.41) is 7.25. The molecular formula is C27H30ClN7O4. The van der Waals surface area contributed by atoms with Crippen LogP contribution in [0.3, 0.4) is 0 Å². The van der Waals surface area contributed by atoms with Gasteiger partial charge in [-0.05, 0) is 49.7 Å². The van der Waals surface area contributed by atoms with Crippen LogP contribution in [0.25, 0.3) is 11.0 Å². The average molecular weight is 552 g/mol. The lowest BCUT2D eigenvalue weighted by molar-refractivity contribution is 0.0979. The lowest BCUT2D eigenvalue weighted by Crippen LogP contribution is -2.20. The Hall–Kier alpha value is -4.35. The Kier molecular flexibility index (Phi) is 8.84. The van der Waals surface area contributed by atoms with Crippen LogP contribution >= 0.6 is 11.8 Å². The number of nitrogens with zero attached hydrogens (tertiary/aromatic N) is 4. The number of benzene rings is 2. The zero-order valence-corrected chi connectivity index (χ0v) is 22.7. The first-order valence-corrected chi connectivity index (χ1v) is 12.7. The third-order valence-electron chi connectivity index (χ3n) is 5.96. The van der Waals surface area contributed by atoms with Gasteiger partial charge in [0.2, 0.25) is 5.95 Å². The molecule has 4 N–H and O–H groups in total. The van der Waals surface area contributed by atoms with Gasteiger partial charge >= 0.3 is 0 Å². The number of nitrogens with one attached hydrogen (secondary N) is 2. The van der Waals surface area contributed by atoms with E-state index >= 15 is 0 Å². The standard InChI is InChI=1S/C27H30ClN7O4/c1-4-35-22(13-17(2)33-35)26(37)31-27-30-21-14-19(25(36)32-28)15-23(24(21)34(27)12-6-5-11-29)39-16-18-7-9-20(38-3)10-8-18/h5-10,13-15H,4,11-12,16,29H2,1-3H3,(H,32,36)(H,30,31,37)/b6-5+. The van der Waals surface area contributed by atoms with E-state index in [4.69, 9.17) is 27.0 Å². The van der Waals surface area contributed by atoms with Gasteiger partial charge in [0, 0.05) is 37.0 Å². The Bertz CT molecular complexity index is 1510. The van der Waals surface area contributed by atoms with Crippen LogP contribution in [0.2, 0.25) is 0 Å². The lowest BCUT2D eigenvalue weighted by atomic mass is 10.1.